The molecule has 4 heterocycles. The van der Waals surface area contributed by atoms with Crippen LogP contribution >= 0.6 is 0 Å². The maximum Gasteiger partial charge on any atom is 0.243 e. The summed E-state index contributed by atoms with van der Waals surface area (Å²) >= 11 is 0. The zero-order valence-electron chi connectivity index (χ0n) is 20.5. The third-order valence-electron chi connectivity index (χ3n) is 8.48. The van der Waals surface area contributed by atoms with Crippen LogP contribution in [0.1, 0.15) is 44.1 Å². The molecule has 0 aromatic heterocycles. The molecule has 4 aliphatic rings. The Labute approximate surface area is 202 Å². The Balaban J connectivity index is 1.19. The van der Waals surface area contributed by atoms with E-state index in [0.717, 1.165) is 70.7 Å². The van der Waals surface area contributed by atoms with Gasteiger partial charge in [-0.1, -0.05) is 12.1 Å². The topological polar surface area (TPSA) is 74.3 Å². The number of amides is 2. The van der Waals surface area contributed by atoms with E-state index in [1.54, 1.807) is 7.11 Å². The molecular formula is C26H38N4O4. The average molecular weight is 471 g/mol. The molecule has 8 nitrogen and oxygen atoms in total. The number of likely N-dealkylation sites (N-methyl/N-ethyl adjacent to an activating group) is 1. The number of hydrogen-bond acceptors (Lipinski definition) is 6. The number of likely N-dealkylation sites (tertiary alicyclic amines) is 1. The lowest BCUT2D eigenvalue weighted by molar-refractivity contribution is -0.135. The largest absolute Gasteiger partial charge is 0.497 e. The van der Waals surface area contributed by atoms with Crippen molar-refractivity contribution in [3.8, 4) is 5.75 Å². The van der Waals surface area contributed by atoms with Gasteiger partial charge in [0.25, 0.3) is 0 Å². The third-order valence-corrected chi connectivity index (χ3v) is 8.48. The first-order valence-corrected chi connectivity index (χ1v) is 12.7. The molecule has 4 fully saturated rings. The number of carbonyl (C=O) groups excluding carboxylic acids is 2. The summed E-state index contributed by atoms with van der Waals surface area (Å²) in [5.41, 5.74) is 0.808. The van der Waals surface area contributed by atoms with Gasteiger partial charge < -0.3 is 19.7 Å². The van der Waals surface area contributed by atoms with Crippen LogP contribution in [0.4, 0.5) is 0 Å². The van der Waals surface area contributed by atoms with E-state index < -0.39 is 5.54 Å². The minimum atomic E-state index is -0.411. The summed E-state index contributed by atoms with van der Waals surface area (Å²) < 4.78 is 10.9. The van der Waals surface area contributed by atoms with E-state index in [2.05, 4.69) is 34.3 Å². The molecule has 34 heavy (non-hydrogen) atoms. The minimum Gasteiger partial charge on any atom is -0.497 e. The Morgan fingerprint density at radius 2 is 1.94 bits per heavy atom. The molecule has 8 heteroatoms. The van der Waals surface area contributed by atoms with Crippen LogP contribution in [0.3, 0.4) is 0 Å². The normalized spacial score (nSPS) is 28.1. The summed E-state index contributed by atoms with van der Waals surface area (Å²) in [7, 11) is 3.83. The van der Waals surface area contributed by atoms with Crippen LogP contribution in [-0.2, 0) is 20.9 Å². The molecule has 4 aliphatic heterocycles. The Kier molecular flexibility index (Phi) is 6.82. The number of nitrogens with zero attached hydrogens (tertiary/aromatic N) is 3. The van der Waals surface area contributed by atoms with Gasteiger partial charge in [-0.25, -0.2) is 0 Å². The fraction of sp³-hybridized carbons (Fsp3) is 0.692. The summed E-state index contributed by atoms with van der Waals surface area (Å²) in [5, 5.41) is 3.35. The van der Waals surface area contributed by atoms with Gasteiger partial charge in [-0.05, 0) is 56.8 Å². The fourth-order valence-electron chi connectivity index (χ4n) is 6.27. The van der Waals surface area contributed by atoms with E-state index in [1.165, 1.54) is 5.56 Å². The summed E-state index contributed by atoms with van der Waals surface area (Å²) in [6.45, 7) is 4.83. The second-order valence-corrected chi connectivity index (χ2v) is 10.5. The molecule has 5 rings (SSSR count). The molecule has 0 saturated carbocycles. The zero-order valence-corrected chi connectivity index (χ0v) is 20.5. The smallest absolute Gasteiger partial charge is 0.243 e. The monoisotopic (exact) mass is 470 g/mol. The number of benzene rings is 1. The summed E-state index contributed by atoms with van der Waals surface area (Å²) in [4.78, 5) is 33.4. The van der Waals surface area contributed by atoms with E-state index in [1.807, 2.05) is 17.0 Å². The second-order valence-electron chi connectivity index (χ2n) is 10.5. The van der Waals surface area contributed by atoms with Gasteiger partial charge in [0.2, 0.25) is 11.8 Å². The first kappa shape index (κ1) is 23.6. The predicted octanol–water partition coefficient (Wildman–Crippen LogP) is 1.63. The summed E-state index contributed by atoms with van der Waals surface area (Å²) in [6.07, 6.45) is 4.79. The van der Waals surface area contributed by atoms with Gasteiger partial charge in [0.05, 0.1) is 19.1 Å². The molecule has 4 saturated heterocycles. The zero-order chi connectivity index (χ0) is 23.7. The Morgan fingerprint density at radius 3 is 2.68 bits per heavy atom. The van der Waals surface area contributed by atoms with E-state index >= 15 is 0 Å². The van der Waals surface area contributed by atoms with Gasteiger partial charge in [-0.15, -0.1) is 0 Å². The average Bonchev–Trinajstić information content (AvgIpc) is 3.28. The van der Waals surface area contributed by atoms with Crippen LogP contribution in [-0.4, -0.2) is 97.2 Å². The number of carbonyl (C=O) groups is 2. The van der Waals surface area contributed by atoms with Gasteiger partial charge in [0, 0.05) is 51.5 Å². The number of fused-ring (bicyclic) bond motifs is 1. The SMILES string of the molecule is COc1cccc(CN2CCC3(CC2)CC(=O)N2C[C@@H](N(C)C4CCOCC4)C[C@H]2C(=O)N3)c1. The lowest BCUT2D eigenvalue weighted by Gasteiger charge is -2.41. The number of nitrogens with one attached hydrogen (secondary N) is 1. The highest BCUT2D eigenvalue weighted by Crippen LogP contribution is 2.34. The third kappa shape index (κ3) is 4.81. The Bertz CT molecular complexity index is 867. The second kappa shape index (κ2) is 9.84. The van der Waals surface area contributed by atoms with Crippen molar-refractivity contribution in [3.63, 3.8) is 0 Å². The summed E-state index contributed by atoms with van der Waals surface area (Å²) in [5.74, 6) is 1.04. The quantitative estimate of drug-likeness (QED) is 0.705. The summed E-state index contributed by atoms with van der Waals surface area (Å²) in [6, 6.07) is 8.54. The Morgan fingerprint density at radius 1 is 1.18 bits per heavy atom. The van der Waals surface area contributed by atoms with E-state index in [4.69, 9.17) is 9.47 Å². The molecule has 0 unspecified atom stereocenters. The van der Waals surface area contributed by atoms with Crippen LogP contribution in [0.15, 0.2) is 24.3 Å². The molecule has 2 amide bonds. The first-order valence-electron chi connectivity index (χ1n) is 12.7. The van der Waals surface area contributed by atoms with Crippen LogP contribution in [0, 0.1) is 0 Å². The molecule has 2 atom stereocenters. The molecular weight excluding hydrogens is 432 g/mol. The number of hydrogen-bond donors (Lipinski definition) is 1. The van der Waals surface area contributed by atoms with Crippen molar-refractivity contribution in [1.29, 1.82) is 0 Å². The molecule has 1 spiro atoms. The van der Waals surface area contributed by atoms with Crippen LogP contribution in [0.2, 0.25) is 0 Å². The lowest BCUT2D eigenvalue weighted by atomic mass is 9.84. The van der Waals surface area contributed by atoms with Gasteiger partial charge in [0.15, 0.2) is 0 Å². The minimum absolute atomic E-state index is 0.0370. The first-order chi connectivity index (χ1) is 16.5. The molecule has 0 aliphatic carbocycles. The number of piperidine rings is 1. The van der Waals surface area contributed by atoms with Crippen molar-refractivity contribution in [2.75, 3.05) is 47.0 Å². The van der Waals surface area contributed by atoms with Gasteiger partial charge >= 0.3 is 0 Å². The Hall–Kier alpha value is -2.16. The van der Waals surface area contributed by atoms with Crippen molar-refractivity contribution >= 4 is 11.8 Å². The highest BCUT2D eigenvalue weighted by molar-refractivity contribution is 5.92. The maximum absolute atomic E-state index is 13.4. The van der Waals surface area contributed by atoms with Crippen LogP contribution in [0.5, 0.6) is 5.75 Å². The lowest BCUT2D eigenvalue weighted by Crippen LogP contribution is -2.56. The van der Waals surface area contributed by atoms with Gasteiger partial charge in [-0.3, -0.25) is 19.4 Å². The van der Waals surface area contributed by atoms with Crippen molar-refractivity contribution in [3.05, 3.63) is 29.8 Å². The highest BCUT2D eigenvalue weighted by Gasteiger charge is 2.49. The van der Waals surface area contributed by atoms with E-state index in [-0.39, 0.29) is 23.9 Å². The molecule has 0 bridgehead atoms. The van der Waals surface area contributed by atoms with E-state index in [0.29, 0.717) is 19.0 Å². The van der Waals surface area contributed by atoms with Gasteiger partial charge in [-0.2, -0.15) is 0 Å². The molecule has 1 aromatic carbocycles. The molecule has 0 radical (unpaired) electrons. The van der Waals surface area contributed by atoms with Crippen molar-refractivity contribution in [1.82, 2.24) is 20.0 Å². The fourth-order valence-corrected chi connectivity index (χ4v) is 6.27. The van der Waals surface area contributed by atoms with Crippen molar-refractivity contribution in [2.24, 2.45) is 0 Å². The van der Waals surface area contributed by atoms with E-state index in [9.17, 15) is 9.59 Å². The number of rotatable bonds is 5. The van der Waals surface area contributed by atoms with Crippen molar-refractivity contribution < 1.29 is 19.1 Å². The maximum atomic E-state index is 13.4. The molecule has 186 valence electrons. The number of methoxy groups -OCH3 is 1. The van der Waals surface area contributed by atoms with Crippen molar-refractivity contribution in [2.45, 2.75) is 68.7 Å². The molecule has 1 N–H and O–H groups in total. The molecule has 1 aromatic rings. The standard InChI is InChI=1S/C26H38N4O4/c1-28(20-6-12-34-13-7-20)21-15-23-25(32)27-26(16-24(31)30(23)18-21)8-10-29(11-9-26)17-19-4-3-5-22(14-19)33-2/h3-5,14,20-21,23H,6-13,15-18H2,1-2H3,(H,27,32)/t21-,23-/m0/s1. The predicted molar refractivity (Wildman–Crippen MR) is 129 cm³/mol. The van der Waals surface area contributed by atoms with Crippen LogP contribution < -0.4 is 10.1 Å². The highest BCUT2D eigenvalue weighted by atomic mass is 16.5. The van der Waals surface area contributed by atoms with Gasteiger partial charge in [0.1, 0.15) is 11.8 Å². The number of ether oxygens (including phenoxy) is 2. The van der Waals surface area contributed by atoms with Crippen LogP contribution in [0.25, 0.3) is 0 Å².